The molecule has 1 aromatic rings. The second kappa shape index (κ2) is 13.8. The Labute approximate surface area is 242 Å². The summed E-state index contributed by atoms with van der Waals surface area (Å²) in [6.07, 6.45) is 2.77. The Bertz CT molecular complexity index is 1290. The summed E-state index contributed by atoms with van der Waals surface area (Å²) < 4.78 is 38.1. The zero-order valence-corrected chi connectivity index (χ0v) is 23.6. The maximum absolute atomic E-state index is 15.4. The minimum atomic E-state index is -1.07. The topological polar surface area (TPSA) is 152 Å². The SMILES string of the molecule is COc1cc2c(c(F)c1OCCCOC1C=C3CN(C(=O)CCC(=O)O)CC3=CC1OC)CN(C(=O)CCC(=O)O)C2. The van der Waals surface area contributed by atoms with Gasteiger partial charge in [0.2, 0.25) is 11.8 Å². The highest BCUT2D eigenvalue weighted by atomic mass is 19.1. The molecule has 0 bridgehead atoms. The Balaban J connectivity index is 1.30. The fourth-order valence-corrected chi connectivity index (χ4v) is 5.22. The summed E-state index contributed by atoms with van der Waals surface area (Å²) in [5, 5.41) is 17.7. The number of carbonyl (C=O) groups is 4. The normalized spacial score (nSPS) is 19.1. The molecule has 1 aromatic carbocycles. The summed E-state index contributed by atoms with van der Waals surface area (Å²) in [5.74, 6) is -3.14. The molecule has 2 atom stereocenters. The summed E-state index contributed by atoms with van der Waals surface area (Å²) in [4.78, 5) is 49.3. The molecule has 0 radical (unpaired) electrons. The van der Waals surface area contributed by atoms with Gasteiger partial charge in [-0.25, -0.2) is 4.39 Å². The maximum Gasteiger partial charge on any atom is 0.303 e. The second-order valence-corrected chi connectivity index (χ2v) is 10.3. The predicted molar refractivity (Wildman–Crippen MR) is 144 cm³/mol. The van der Waals surface area contributed by atoms with E-state index < -0.39 is 23.9 Å². The molecule has 0 spiro atoms. The van der Waals surface area contributed by atoms with Crippen molar-refractivity contribution in [3.05, 3.63) is 46.3 Å². The maximum atomic E-state index is 15.4. The van der Waals surface area contributed by atoms with Crippen LogP contribution in [0.3, 0.4) is 0 Å². The Morgan fingerprint density at radius 3 is 2.02 bits per heavy atom. The highest BCUT2D eigenvalue weighted by molar-refractivity contribution is 5.82. The van der Waals surface area contributed by atoms with Gasteiger partial charge in [-0.05, 0) is 34.9 Å². The number of hydrogen-bond donors (Lipinski definition) is 2. The van der Waals surface area contributed by atoms with E-state index in [0.717, 1.165) is 11.1 Å². The number of nitrogens with zero attached hydrogens (tertiary/aromatic N) is 2. The predicted octanol–water partition coefficient (Wildman–Crippen LogP) is 2.28. The van der Waals surface area contributed by atoms with Crippen molar-refractivity contribution in [1.82, 2.24) is 9.80 Å². The summed E-state index contributed by atoms with van der Waals surface area (Å²) in [6, 6.07) is 1.63. The monoisotopic (exact) mass is 590 g/mol. The van der Waals surface area contributed by atoms with Gasteiger partial charge in [-0.15, -0.1) is 0 Å². The van der Waals surface area contributed by atoms with Crippen LogP contribution in [0.5, 0.6) is 11.5 Å². The minimum absolute atomic E-state index is 0.0237. The van der Waals surface area contributed by atoms with Crippen LogP contribution < -0.4 is 9.47 Å². The first-order valence-corrected chi connectivity index (χ1v) is 13.7. The summed E-state index contributed by atoms with van der Waals surface area (Å²) in [5.41, 5.74) is 2.79. The lowest BCUT2D eigenvalue weighted by molar-refractivity contribution is -0.141. The van der Waals surface area contributed by atoms with Gasteiger partial charge in [0.15, 0.2) is 17.3 Å². The van der Waals surface area contributed by atoms with Crippen LogP contribution in [0.1, 0.15) is 43.2 Å². The van der Waals surface area contributed by atoms with E-state index in [1.165, 1.54) is 12.0 Å². The van der Waals surface area contributed by atoms with Crippen LogP contribution in [0.25, 0.3) is 0 Å². The molecule has 2 unspecified atom stereocenters. The first-order chi connectivity index (χ1) is 20.1. The fourth-order valence-electron chi connectivity index (χ4n) is 5.22. The summed E-state index contributed by atoms with van der Waals surface area (Å²) in [7, 11) is 2.96. The van der Waals surface area contributed by atoms with E-state index in [0.29, 0.717) is 30.6 Å². The van der Waals surface area contributed by atoms with Crippen molar-refractivity contribution in [2.45, 2.75) is 57.4 Å². The lowest BCUT2D eigenvalue weighted by Crippen LogP contribution is -2.31. The van der Waals surface area contributed by atoms with Gasteiger partial charge in [0.25, 0.3) is 0 Å². The number of fused-ring (bicyclic) bond motifs is 2. The van der Waals surface area contributed by atoms with Crippen molar-refractivity contribution in [3.63, 3.8) is 0 Å². The molecule has 1 saturated heterocycles. The summed E-state index contributed by atoms with van der Waals surface area (Å²) >= 11 is 0. The molecule has 2 aliphatic heterocycles. The van der Waals surface area contributed by atoms with Crippen LogP contribution in [-0.4, -0.2) is 96.5 Å². The van der Waals surface area contributed by atoms with E-state index in [1.54, 1.807) is 18.1 Å². The zero-order chi connectivity index (χ0) is 30.4. The first-order valence-electron chi connectivity index (χ1n) is 13.7. The number of rotatable bonds is 14. The van der Waals surface area contributed by atoms with E-state index >= 15 is 4.39 Å². The molecular weight excluding hydrogens is 555 g/mol. The lowest BCUT2D eigenvalue weighted by atomic mass is 9.96. The Morgan fingerprint density at radius 1 is 0.857 bits per heavy atom. The standard InChI is InChI=1S/C29H35FN2O10/c1-39-21-10-17-13-31(24(33)4-6-26(35)36)14-18(17)11-22(21)41-8-3-9-42-29-23(40-2)12-19-15-32(16-20(19)28(29)30)25(34)5-7-27(37)38/h10-12,21-22H,3-9,13-16H2,1-2H3,(H,35,36)(H,37,38). The largest absolute Gasteiger partial charge is 0.493 e. The number of likely N-dealkylation sites (tertiary alicyclic amines) is 1. The van der Waals surface area contributed by atoms with Crippen molar-refractivity contribution in [1.29, 1.82) is 0 Å². The average molecular weight is 591 g/mol. The molecular formula is C29H35FN2O10. The molecule has 3 aliphatic rings. The van der Waals surface area contributed by atoms with Gasteiger partial charge in [0, 0.05) is 58.1 Å². The van der Waals surface area contributed by atoms with E-state index in [2.05, 4.69) is 0 Å². The van der Waals surface area contributed by atoms with Gasteiger partial charge in [0.05, 0.1) is 33.2 Å². The molecule has 42 heavy (non-hydrogen) atoms. The number of carbonyl (C=O) groups excluding carboxylic acids is 2. The van der Waals surface area contributed by atoms with Gasteiger partial charge < -0.3 is 39.0 Å². The number of ether oxygens (including phenoxy) is 4. The number of hydrogen-bond acceptors (Lipinski definition) is 8. The van der Waals surface area contributed by atoms with E-state index in [1.807, 2.05) is 12.2 Å². The number of halogens is 1. The van der Waals surface area contributed by atoms with Crippen molar-refractivity contribution in [2.75, 3.05) is 40.5 Å². The third-order valence-corrected chi connectivity index (χ3v) is 7.43. The van der Waals surface area contributed by atoms with Gasteiger partial charge in [0.1, 0.15) is 12.2 Å². The third-order valence-electron chi connectivity index (χ3n) is 7.43. The van der Waals surface area contributed by atoms with Crippen molar-refractivity contribution in [2.24, 2.45) is 0 Å². The molecule has 0 saturated carbocycles. The third kappa shape index (κ3) is 7.26. The van der Waals surface area contributed by atoms with Gasteiger partial charge in [-0.2, -0.15) is 0 Å². The number of benzene rings is 1. The lowest BCUT2D eigenvalue weighted by Gasteiger charge is -2.26. The number of carboxylic acids is 2. The molecule has 2 heterocycles. The number of methoxy groups -OCH3 is 2. The minimum Gasteiger partial charge on any atom is -0.493 e. The van der Waals surface area contributed by atoms with Crippen LogP contribution >= 0.6 is 0 Å². The molecule has 2 amide bonds. The quantitative estimate of drug-likeness (QED) is 0.309. The molecule has 12 nitrogen and oxygen atoms in total. The van der Waals surface area contributed by atoms with Crippen LogP contribution in [0.15, 0.2) is 29.4 Å². The van der Waals surface area contributed by atoms with Gasteiger partial charge in [-0.3, -0.25) is 19.2 Å². The molecule has 1 aliphatic carbocycles. The number of aliphatic carboxylic acids is 2. The van der Waals surface area contributed by atoms with E-state index in [-0.39, 0.29) is 81.4 Å². The van der Waals surface area contributed by atoms with Crippen LogP contribution in [0.4, 0.5) is 4.39 Å². The van der Waals surface area contributed by atoms with Crippen LogP contribution in [0.2, 0.25) is 0 Å². The average Bonchev–Trinajstić information content (AvgIpc) is 3.59. The smallest absolute Gasteiger partial charge is 0.303 e. The van der Waals surface area contributed by atoms with Gasteiger partial charge >= 0.3 is 11.9 Å². The Hall–Kier alpha value is -3.97. The fraction of sp³-hybridized carbons (Fsp3) is 0.517. The Morgan fingerprint density at radius 2 is 1.45 bits per heavy atom. The highest BCUT2D eigenvalue weighted by Gasteiger charge is 2.33. The van der Waals surface area contributed by atoms with E-state index in [4.69, 9.17) is 29.2 Å². The molecule has 13 heteroatoms. The second-order valence-electron chi connectivity index (χ2n) is 10.3. The Kier molecular flexibility index (Phi) is 10.2. The van der Waals surface area contributed by atoms with Crippen LogP contribution in [-0.2, 0) is 41.7 Å². The highest BCUT2D eigenvalue weighted by Crippen LogP contribution is 2.39. The molecule has 228 valence electrons. The number of amides is 2. The zero-order valence-electron chi connectivity index (χ0n) is 23.6. The van der Waals surface area contributed by atoms with Crippen LogP contribution in [0, 0.1) is 5.82 Å². The molecule has 0 aromatic heterocycles. The summed E-state index contributed by atoms with van der Waals surface area (Å²) in [6.45, 7) is 1.37. The van der Waals surface area contributed by atoms with E-state index in [9.17, 15) is 19.2 Å². The molecule has 2 N–H and O–H groups in total. The molecule has 1 fully saturated rings. The van der Waals surface area contributed by atoms with Crippen molar-refractivity contribution >= 4 is 23.8 Å². The van der Waals surface area contributed by atoms with Gasteiger partial charge in [-0.1, -0.05) is 0 Å². The molecule has 4 rings (SSSR count). The van der Waals surface area contributed by atoms with Crippen molar-refractivity contribution < 1.29 is 52.7 Å². The van der Waals surface area contributed by atoms with Crippen molar-refractivity contribution in [3.8, 4) is 11.5 Å². The number of carboxylic acid groups (broad SMARTS) is 2. The first kappa shape index (κ1) is 31.0.